The van der Waals surface area contributed by atoms with Gasteiger partial charge in [0.2, 0.25) is 0 Å². The van der Waals surface area contributed by atoms with Gasteiger partial charge in [0.05, 0.1) is 11.6 Å². The molecule has 2 aliphatic rings. The van der Waals surface area contributed by atoms with E-state index in [-0.39, 0.29) is 6.10 Å². The molecule has 2 atom stereocenters. The van der Waals surface area contributed by atoms with Crippen molar-refractivity contribution in [1.29, 1.82) is 0 Å². The summed E-state index contributed by atoms with van der Waals surface area (Å²) in [5, 5.41) is 3.84. The van der Waals surface area contributed by atoms with Gasteiger partial charge >= 0.3 is 6.09 Å². The molecule has 4 aromatic carbocycles. The third-order valence-corrected chi connectivity index (χ3v) is 8.25. The van der Waals surface area contributed by atoms with Crippen molar-refractivity contribution in [3.63, 3.8) is 0 Å². The Morgan fingerprint density at radius 1 is 0.864 bits per heavy atom. The van der Waals surface area contributed by atoms with Gasteiger partial charge < -0.3 is 28.7 Å². The lowest BCUT2D eigenvalue weighted by Crippen LogP contribution is -2.46. The van der Waals surface area contributed by atoms with Gasteiger partial charge in [0.1, 0.15) is 24.2 Å². The summed E-state index contributed by atoms with van der Waals surface area (Å²) in [4.78, 5) is 16.9. The summed E-state index contributed by atoms with van der Waals surface area (Å²) in [7, 11) is 0. The highest BCUT2D eigenvalue weighted by atomic mass is 35.5. The second-order valence-electron chi connectivity index (χ2n) is 10.8. The van der Waals surface area contributed by atoms with Gasteiger partial charge in [-0.25, -0.2) is 4.79 Å². The summed E-state index contributed by atoms with van der Waals surface area (Å²) in [6, 6.07) is 30.2. The molecule has 10 heteroatoms. The van der Waals surface area contributed by atoms with Crippen LogP contribution in [0.5, 0.6) is 11.5 Å². The lowest BCUT2D eigenvalue weighted by Gasteiger charge is -2.37. The number of rotatable bonds is 8. The molecule has 8 nitrogen and oxygen atoms in total. The van der Waals surface area contributed by atoms with Crippen LogP contribution in [-0.4, -0.2) is 51.6 Å². The van der Waals surface area contributed by atoms with Gasteiger partial charge in [-0.2, -0.15) is 0 Å². The first-order chi connectivity index (χ1) is 21.3. The molecule has 1 N–H and O–H groups in total. The molecule has 2 fully saturated rings. The van der Waals surface area contributed by atoms with Crippen LogP contribution in [0.3, 0.4) is 0 Å². The standard InChI is InChI=1S/C34H33Cl2N3O5/c1-34(31-16-7-24(35)21-32(31)36)42-23-30(44-34)22-41-28-14-12-27(13-15-28)39-19-17-38(18-20-39)26-10-8-25(9-11-26)37-33(40)43-29-5-3-2-4-6-29/h2-16,21,30H,17-20,22-23H2,1H3,(H,37,40). The Kier molecular flexibility index (Phi) is 9.14. The first-order valence-electron chi connectivity index (χ1n) is 14.5. The van der Waals surface area contributed by atoms with Gasteiger partial charge in [0.15, 0.2) is 5.79 Å². The van der Waals surface area contributed by atoms with Crippen molar-refractivity contribution in [2.75, 3.05) is 54.5 Å². The predicted octanol–water partition coefficient (Wildman–Crippen LogP) is 7.60. The minimum absolute atomic E-state index is 0.229. The van der Waals surface area contributed by atoms with E-state index in [0.29, 0.717) is 34.7 Å². The Morgan fingerprint density at radius 2 is 1.50 bits per heavy atom. The zero-order valence-electron chi connectivity index (χ0n) is 24.2. The van der Waals surface area contributed by atoms with Crippen molar-refractivity contribution in [2.24, 2.45) is 0 Å². The number of halogens is 2. The van der Waals surface area contributed by atoms with E-state index in [2.05, 4.69) is 27.2 Å². The second-order valence-corrected chi connectivity index (χ2v) is 11.6. The van der Waals surface area contributed by atoms with Gasteiger partial charge in [0, 0.05) is 53.8 Å². The zero-order valence-corrected chi connectivity index (χ0v) is 25.8. The molecule has 1 amide bonds. The number of carbonyl (C=O) groups is 1. The molecule has 0 aromatic heterocycles. The van der Waals surface area contributed by atoms with Gasteiger partial charge in [-0.3, -0.25) is 5.32 Å². The van der Waals surface area contributed by atoms with E-state index in [1.54, 1.807) is 24.3 Å². The molecule has 0 aliphatic carbocycles. The Hall–Kier alpha value is -3.95. The lowest BCUT2D eigenvalue weighted by atomic mass is 10.1. The Balaban J connectivity index is 0.950. The molecule has 0 bridgehead atoms. The number of anilines is 3. The Labute approximate surface area is 267 Å². The van der Waals surface area contributed by atoms with Crippen molar-refractivity contribution in [2.45, 2.75) is 18.8 Å². The van der Waals surface area contributed by atoms with E-state index in [0.717, 1.165) is 48.9 Å². The SMILES string of the molecule is CC1(c2ccc(Cl)cc2Cl)OCC(COc2ccc(N3CCN(c4ccc(NC(=O)Oc5ccccc5)cc4)CC3)cc2)O1. The van der Waals surface area contributed by atoms with E-state index in [9.17, 15) is 4.79 Å². The number of hydrogen-bond acceptors (Lipinski definition) is 7. The number of ether oxygens (including phenoxy) is 4. The summed E-state index contributed by atoms with van der Waals surface area (Å²) in [5.41, 5.74) is 3.69. The highest BCUT2D eigenvalue weighted by Crippen LogP contribution is 2.38. The molecule has 44 heavy (non-hydrogen) atoms. The minimum Gasteiger partial charge on any atom is -0.491 e. The van der Waals surface area contributed by atoms with Crippen molar-refractivity contribution < 1.29 is 23.7 Å². The molecule has 2 aliphatic heterocycles. The first kappa shape index (κ1) is 30.1. The van der Waals surface area contributed by atoms with Crippen molar-refractivity contribution in [1.82, 2.24) is 0 Å². The van der Waals surface area contributed by atoms with Crippen LogP contribution in [0.4, 0.5) is 21.9 Å². The van der Waals surface area contributed by atoms with Crippen LogP contribution in [0.1, 0.15) is 12.5 Å². The molecule has 0 saturated carbocycles. The third kappa shape index (κ3) is 7.22. The van der Waals surface area contributed by atoms with Crippen LogP contribution in [0.2, 0.25) is 10.0 Å². The minimum atomic E-state index is -0.947. The van der Waals surface area contributed by atoms with E-state index in [4.69, 9.17) is 42.1 Å². The van der Waals surface area contributed by atoms with E-state index in [1.165, 1.54) is 0 Å². The molecule has 228 valence electrons. The highest BCUT2D eigenvalue weighted by molar-refractivity contribution is 6.35. The fraction of sp³-hybridized carbons (Fsp3) is 0.265. The molecule has 2 saturated heterocycles. The third-order valence-electron chi connectivity index (χ3n) is 7.71. The molecular weight excluding hydrogens is 601 g/mol. The van der Waals surface area contributed by atoms with Crippen LogP contribution in [-0.2, 0) is 15.3 Å². The van der Waals surface area contributed by atoms with Crippen molar-refractivity contribution in [3.8, 4) is 11.5 Å². The Bertz CT molecular complexity index is 1560. The normalized spacial score (nSPS) is 19.9. The van der Waals surface area contributed by atoms with Crippen LogP contribution >= 0.6 is 23.2 Å². The molecule has 6 rings (SSSR count). The topological polar surface area (TPSA) is 72.5 Å². The number of piperazine rings is 1. The number of carbonyl (C=O) groups excluding carboxylic acids is 1. The molecule has 4 aromatic rings. The van der Waals surface area contributed by atoms with E-state index in [1.807, 2.05) is 67.6 Å². The van der Waals surface area contributed by atoms with Crippen molar-refractivity contribution in [3.05, 3.63) is 113 Å². The van der Waals surface area contributed by atoms with Crippen LogP contribution in [0.25, 0.3) is 0 Å². The fourth-order valence-electron chi connectivity index (χ4n) is 5.38. The van der Waals surface area contributed by atoms with E-state index < -0.39 is 11.9 Å². The maximum atomic E-state index is 12.2. The number of nitrogens with zero attached hydrogens (tertiary/aromatic N) is 2. The summed E-state index contributed by atoms with van der Waals surface area (Å²) < 4.78 is 23.5. The maximum Gasteiger partial charge on any atom is 0.417 e. The smallest absolute Gasteiger partial charge is 0.417 e. The number of hydrogen-bond donors (Lipinski definition) is 1. The zero-order chi connectivity index (χ0) is 30.5. The Morgan fingerprint density at radius 3 is 2.14 bits per heavy atom. The molecular formula is C34H33Cl2N3O5. The van der Waals surface area contributed by atoms with Gasteiger partial charge in [0.25, 0.3) is 0 Å². The molecule has 0 radical (unpaired) electrons. The van der Waals surface area contributed by atoms with Gasteiger partial charge in [-0.15, -0.1) is 0 Å². The summed E-state index contributed by atoms with van der Waals surface area (Å²) in [6.07, 6.45) is -0.746. The molecule has 2 heterocycles. The highest BCUT2D eigenvalue weighted by Gasteiger charge is 2.40. The molecule has 2 unspecified atom stereocenters. The maximum absolute atomic E-state index is 12.2. The monoisotopic (exact) mass is 633 g/mol. The van der Waals surface area contributed by atoms with Crippen molar-refractivity contribution >= 4 is 46.4 Å². The summed E-state index contributed by atoms with van der Waals surface area (Å²) in [5.74, 6) is 0.326. The van der Waals surface area contributed by atoms with Gasteiger partial charge in [-0.05, 0) is 79.7 Å². The van der Waals surface area contributed by atoms with Crippen LogP contribution in [0, 0.1) is 0 Å². The first-order valence-corrected chi connectivity index (χ1v) is 15.2. The van der Waals surface area contributed by atoms with Crippen LogP contribution < -0.4 is 24.6 Å². The number of nitrogens with one attached hydrogen (secondary N) is 1. The molecule has 0 spiro atoms. The average molecular weight is 635 g/mol. The summed E-state index contributed by atoms with van der Waals surface area (Å²) in [6.45, 7) is 6.17. The quantitative estimate of drug-likeness (QED) is 0.214. The predicted molar refractivity (Wildman–Crippen MR) is 174 cm³/mol. The second kappa shape index (κ2) is 13.4. The number of para-hydroxylation sites is 1. The lowest BCUT2D eigenvalue weighted by molar-refractivity contribution is -0.164. The van der Waals surface area contributed by atoms with Crippen LogP contribution in [0.15, 0.2) is 97.1 Å². The van der Waals surface area contributed by atoms with E-state index >= 15 is 0 Å². The number of benzene rings is 4. The largest absolute Gasteiger partial charge is 0.491 e. The summed E-state index contributed by atoms with van der Waals surface area (Å²) >= 11 is 12.4. The number of amides is 1. The fourth-order valence-corrected chi connectivity index (χ4v) is 5.96. The average Bonchev–Trinajstić information content (AvgIpc) is 3.42. The van der Waals surface area contributed by atoms with Gasteiger partial charge in [-0.1, -0.05) is 47.5 Å².